The van der Waals surface area contributed by atoms with E-state index in [4.69, 9.17) is 9.47 Å². The van der Waals surface area contributed by atoms with Crippen molar-refractivity contribution in [2.45, 2.75) is 32.0 Å². The molecule has 1 aromatic heterocycles. The summed E-state index contributed by atoms with van der Waals surface area (Å²) in [6.07, 6.45) is 5.05. The molecule has 0 unspecified atom stereocenters. The fraction of sp³-hybridized carbons (Fsp3) is 0.389. The number of hydrogen-bond acceptors (Lipinski definition) is 3. The molecular weight excluding hydrogens is 311 g/mol. The second-order valence-electron chi connectivity index (χ2n) is 5.85. The molecule has 0 spiro atoms. The minimum Gasteiger partial charge on any atom is -0.376 e. The Labute approximate surface area is 140 Å². The number of nitrogens with zero attached hydrogens (tertiary/aromatic N) is 1. The van der Waals surface area contributed by atoms with Crippen LogP contribution >= 0.6 is 0 Å². The maximum Gasteiger partial charge on any atom is 0.253 e. The molecule has 5 nitrogen and oxygen atoms in total. The number of aromatic nitrogens is 1. The molecule has 1 amide bonds. The molecule has 2 atom stereocenters. The van der Waals surface area contributed by atoms with Gasteiger partial charge in [0.25, 0.3) is 5.91 Å². The number of nitrogens with one attached hydrogen (secondary N) is 1. The average Bonchev–Trinajstić information content (AvgIpc) is 3.28. The van der Waals surface area contributed by atoms with Gasteiger partial charge < -0.3 is 19.4 Å². The summed E-state index contributed by atoms with van der Waals surface area (Å²) < 4.78 is 26.8. The second-order valence-corrected chi connectivity index (χ2v) is 5.85. The monoisotopic (exact) mass is 332 g/mol. The highest BCUT2D eigenvalue weighted by atomic mass is 19.1. The SMILES string of the molecule is C[C@H](OC[C@H]1CCCO1)C(=O)Nc1cc(-n2cccc2)ccc1F. The Balaban J connectivity index is 1.61. The number of amides is 1. The molecule has 1 saturated heterocycles. The Morgan fingerprint density at radius 1 is 1.46 bits per heavy atom. The van der Waals surface area contributed by atoms with E-state index in [1.807, 2.05) is 29.1 Å². The third kappa shape index (κ3) is 4.01. The third-order valence-electron chi connectivity index (χ3n) is 4.04. The van der Waals surface area contributed by atoms with Crippen molar-refractivity contribution in [3.05, 3.63) is 48.5 Å². The molecule has 1 aliphatic rings. The van der Waals surface area contributed by atoms with E-state index < -0.39 is 11.9 Å². The van der Waals surface area contributed by atoms with Gasteiger partial charge >= 0.3 is 0 Å². The first-order valence-electron chi connectivity index (χ1n) is 8.10. The van der Waals surface area contributed by atoms with Crippen LogP contribution in [0.15, 0.2) is 42.7 Å². The fourth-order valence-corrected chi connectivity index (χ4v) is 2.61. The molecule has 0 saturated carbocycles. The molecule has 3 rings (SSSR count). The van der Waals surface area contributed by atoms with Crippen LogP contribution in [0.5, 0.6) is 0 Å². The maximum absolute atomic E-state index is 14.0. The lowest BCUT2D eigenvalue weighted by molar-refractivity contribution is -0.128. The van der Waals surface area contributed by atoms with Crippen molar-refractivity contribution in [3.8, 4) is 5.69 Å². The van der Waals surface area contributed by atoms with Crippen molar-refractivity contribution in [3.63, 3.8) is 0 Å². The van der Waals surface area contributed by atoms with Gasteiger partial charge in [-0.3, -0.25) is 4.79 Å². The molecule has 6 heteroatoms. The highest BCUT2D eigenvalue weighted by molar-refractivity contribution is 5.94. The van der Waals surface area contributed by atoms with Crippen molar-refractivity contribution in [2.75, 3.05) is 18.5 Å². The summed E-state index contributed by atoms with van der Waals surface area (Å²) in [6.45, 7) is 2.77. The first-order valence-corrected chi connectivity index (χ1v) is 8.10. The largest absolute Gasteiger partial charge is 0.376 e. The van der Waals surface area contributed by atoms with Crippen LogP contribution in [0.4, 0.5) is 10.1 Å². The van der Waals surface area contributed by atoms with Gasteiger partial charge in [0.05, 0.1) is 18.4 Å². The van der Waals surface area contributed by atoms with Crippen LogP contribution in [0.3, 0.4) is 0 Å². The van der Waals surface area contributed by atoms with Crippen LogP contribution in [0.1, 0.15) is 19.8 Å². The van der Waals surface area contributed by atoms with Crippen LogP contribution in [-0.4, -0.2) is 35.9 Å². The van der Waals surface area contributed by atoms with Crippen LogP contribution in [0, 0.1) is 5.82 Å². The van der Waals surface area contributed by atoms with E-state index in [0.717, 1.165) is 25.1 Å². The topological polar surface area (TPSA) is 52.5 Å². The normalized spacial score (nSPS) is 18.5. The Bertz CT molecular complexity index is 682. The Kier molecular flexibility index (Phi) is 5.27. The molecule has 1 fully saturated rings. The van der Waals surface area contributed by atoms with E-state index in [9.17, 15) is 9.18 Å². The van der Waals surface area contributed by atoms with Crippen molar-refractivity contribution in [1.29, 1.82) is 0 Å². The van der Waals surface area contributed by atoms with Crippen LogP contribution in [-0.2, 0) is 14.3 Å². The molecule has 1 aliphatic heterocycles. The number of ether oxygens (including phenoxy) is 2. The quantitative estimate of drug-likeness (QED) is 0.884. The number of halogens is 1. The van der Waals surface area contributed by atoms with Gasteiger partial charge in [0.2, 0.25) is 0 Å². The summed E-state index contributed by atoms with van der Waals surface area (Å²) >= 11 is 0. The Morgan fingerprint density at radius 2 is 2.25 bits per heavy atom. The summed E-state index contributed by atoms with van der Waals surface area (Å²) in [5.74, 6) is -0.859. The fourth-order valence-electron chi connectivity index (χ4n) is 2.61. The smallest absolute Gasteiger partial charge is 0.253 e. The van der Waals surface area contributed by atoms with Gasteiger partial charge in [0, 0.05) is 24.7 Å². The molecular formula is C18H21FN2O3. The highest BCUT2D eigenvalue weighted by Gasteiger charge is 2.20. The van der Waals surface area contributed by atoms with Gasteiger partial charge in [-0.05, 0) is 50.1 Å². The van der Waals surface area contributed by atoms with E-state index in [-0.39, 0.29) is 17.7 Å². The molecule has 128 valence electrons. The number of anilines is 1. The molecule has 2 heterocycles. The number of carbonyl (C=O) groups excluding carboxylic acids is 1. The van der Waals surface area contributed by atoms with E-state index in [2.05, 4.69) is 5.32 Å². The van der Waals surface area contributed by atoms with Gasteiger partial charge in [0.15, 0.2) is 0 Å². The zero-order valence-electron chi connectivity index (χ0n) is 13.6. The van der Waals surface area contributed by atoms with E-state index in [0.29, 0.717) is 6.61 Å². The summed E-state index contributed by atoms with van der Waals surface area (Å²) in [4.78, 5) is 12.2. The van der Waals surface area contributed by atoms with Crippen molar-refractivity contribution in [1.82, 2.24) is 4.57 Å². The van der Waals surface area contributed by atoms with E-state index in [1.54, 1.807) is 19.1 Å². The van der Waals surface area contributed by atoms with Crippen LogP contribution in [0.25, 0.3) is 5.69 Å². The van der Waals surface area contributed by atoms with Crippen molar-refractivity contribution < 1.29 is 18.7 Å². The lowest BCUT2D eigenvalue weighted by Gasteiger charge is -2.17. The average molecular weight is 332 g/mol. The van der Waals surface area contributed by atoms with E-state index in [1.165, 1.54) is 6.07 Å². The zero-order chi connectivity index (χ0) is 16.9. The number of hydrogen-bond donors (Lipinski definition) is 1. The minimum absolute atomic E-state index is 0.0501. The molecule has 0 bridgehead atoms. The third-order valence-corrected chi connectivity index (χ3v) is 4.04. The number of benzene rings is 1. The Hall–Kier alpha value is -2.18. The summed E-state index contributed by atoms with van der Waals surface area (Å²) in [7, 11) is 0. The molecule has 0 radical (unpaired) electrons. The molecule has 1 N–H and O–H groups in total. The lowest BCUT2D eigenvalue weighted by atomic mass is 10.2. The maximum atomic E-state index is 14.0. The summed E-state index contributed by atoms with van der Waals surface area (Å²) in [6, 6.07) is 8.34. The minimum atomic E-state index is -0.677. The predicted octanol–water partition coefficient (Wildman–Crippen LogP) is 3.14. The van der Waals surface area contributed by atoms with Crippen molar-refractivity contribution in [2.24, 2.45) is 0 Å². The Morgan fingerprint density at radius 3 is 2.96 bits per heavy atom. The van der Waals surface area contributed by atoms with Gasteiger partial charge in [-0.1, -0.05) is 0 Å². The highest BCUT2D eigenvalue weighted by Crippen LogP contribution is 2.20. The van der Waals surface area contributed by atoms with E-state index >= 15 is 0 Å². The molecule has 0 aliphatic carbocycles. The van der Waals surface area contributed by atoms with Gasteiger partial charge in [-0.2, -0.15) is 0 Å². The predicted molar refractivity (Wildman–Crippen MR) is 88.7 cm³/mol. The van der Waals surface area contributed by atoms with Crippen LogP contribution < -0.4 is 5.32 Å². The summed E-state index contributed by atoms with van der Waals surface area (Å²) in [5.41, 5.74) is 0.906. The van der Waals surface area contributed by atoms with Gasteiger partial charge in [-0.15, -0.1) is 0 Å². The molecule has 24 heavy (non-hydrogen) atoms. The van der Waals surface area contributed by atoms with Crippen molar-refractivity contribution >= 4 is 11.6 Å². The summed E-state index contributed by atoms with van der Waals surface area (Å²) in [5, 5.41) is 2.59. The second kappa shape index (κ2) is 7.59. The first kappa shape index (κ1) is 16.7. The first-order chi connectivity index (χ1) is 11.6. The van der Waals surface area contributed by atoms with Crippen LogP contribution in [0.2, 0.25) is 0 Å². The standard InChI is InChI=1S/C18H21FN2O3/c1-13(24-12-15-5-4-10-23-15)18(22)20-17-11-14(6-7-16(17)19)21-8-2-3-9-21/h2-3,6-9,11,13,15H,4-5,10,12H2,1H3,(H,20,22)/t13-,15+/m0/s1. The zero-order valence-corrected chi connectivity index (χ0v) is 13.6. The number of rotatable bonds is 6. The lowest BCUT2D eigenvalue weighted by Crippen LogP contribution is -2.30. The number of carbonyl (C=O) groups is 1. The van der Waals surface area contributed by atoms with Gasteiger partial charge in [-0.25, -0.2) is 4.39 Å². The molecule has 1 aromatic carbocycles. The molecule has 2 aromatic rings. The van der Waals surface area contributed by atoms with Gasteiger partial charge in [0.1, 0.15) is 11.9 Å².